The lowest BCUT2D eigenvalue weighted by Crippen LogP contribution is -2.05. The summed E-state index contributed by atoms with van der Waals surface area (Å²) in [6.45, 7) is 0. The first-order valence-corrected chi connectivity index (χ1v) is 19.3. The summed E-state index contributed by atoms with van der Waals surface area (Å²) >= 11 is 6.53. The van der Waals surface area contributed by atoms with E-state index in [9.17, 15) is 9.59 Å². The molecule has 8 aromatic rings. The Bertz CT molecular complexity index is 2440. The molecule has 0 aliphatic rings. The predicted octanol–water partition coefficient (Wildman–Crippen LogP) is 10.0. The zero-order chi connectivity index (χ0) is 33.2. The van der Waals surface area contributed by atoms with Crippen LogP contribution in [-0.2, 0) is 0 Å². The Hall–Kier alpha value is -4.48. The van der Waals surface area contributed by atoms with Crippen LogP contribution < -0.4 is 10.9 Å². The highest BCUT2D eigenvalue weighted by atomic mass is 32.2. The molecule has 0 aliphatic heterocycles. The van der Waals surface area contributed by atoms with Crippen LogP contribution in [0, 0.1) is 0 Å². The van der Waals surface area contributed by atoms with E-state index in [4.69, 9.17) is 9.97 Å². The number of thioether (sulfide) groups is 2. The number of para-hydroxylation sites is 4. The first-order valence-electron chi connectivity index (χ1n) is 15.7. The topological polar surface area (TPSA) is 91.5 Å². The van der Waals surface area contributed by atoms with E-state index in [-0.39, 0.29) is 10.9 Å². The fourth-order valence-electron chi connectivity index (χ4n) is 5.70. The molecule has 6 nitrogen and oxygen atoms in total. The number of nitrogens with one attached hydrogen (secondary N) is 2. The largest absolute Gasteiger partial charge is 0.360 e. The van der Waals surface area contributed by atoms with Crippen molar-refractivity contribution in [2.45, 2.75) is 35.8 Å². The maximum Gasteiger partial charge on any atom is 0.203 e. The number of hydrogen-bond acceptors (Lipinski definition) is 8. The fraction of sp³-hybridized carbons (Fsp3) is 0.0769. The normalized spacial score (nSPS) is 11.6. The van der Waals surface area contributed by atoms with Crippen molar-refractivity contribution in [3.05, 3.63) is 142 Å². The second kappa shape index (κ2) is 14.2. The maximum atomic E-state index is 13.4. The van der Waals surface area contributed by atoms with E-state index < -0.39 is 0 Å². The molecule has 0 spiro atoms. The molecule has 4 aromatic heterocycles. The van der Waals surface area contributed by atoms with Gasteiger partial charge in [0.25, 0.3) is 0 Å². The Morgan fingerprint density at radius 2 is 0.898 bits per heavy atom. The summed E-state index contributed by atoms with van der Waals surface area (Å²) in [7, 11) is 0. The average Bonchev–Trinajstić information content (AvgIpc) is 3.15. The molecule has 4 heterocycles. The highest BCUT2D eigenvalue weighted by Gasteiger charge is 2.16. The number of hydrogen-bond donors (Lipinski definition) is 2. The number of rotatable bonds is 10. The van der Waals surface area contributed by atoms with Crippen molar-refractivity contribution in [2.24, 2.45) is 0 Å². The Labute approximate surface area is 298 Å². The quantitative estimate of drug-likeness (QED) is 0.107. The zero-order valence-corrected chi connectivity index (χ0v) is 29.3. The third kappa shape index (κ3) is 6.49. The lowest BCUT2D eigenvalue weighted by Gasteiger charge is -2.13. The number of nitrogens with zero attached hydrogens (tertiary/aromatic N) is 2. The van der Waals surface area contributed by atoms with Gasteiger partial charge in [-0.1, -0.05) is 84.2 Å². The van der Waals surface area contributed by atoms with Crippen molar-refractivity contribution in [1.29, 1.82) is 0 Å². The van der Waals surface area contributed by atoms with Crippen LogP contribution in [-0.4, -0.2) is 31.4 Å². The van der Waals surface area contributed by atoms with E-state index in [1.807, 2.05) is 110 Å². The summed E-state index contributed by atoms with van der Waals surface area (Å²) in [5.74, 6) is 1.75. The molecule has 10 heteroatoms. The number of benzene rings is 4. The van der Waals surface area contributed by atoms with Crippen molar-refractivity contribution in [2.75, 3.05) is 11.5 Å². The van der Waals surface area contributed by atoms with E-state index >= 15 is 0 Å². The number of H-pyrrole nitrogens is 2. The van der Waals surface area contributed by atoms with Crippen LogP contribution in [0.1, 0.15) is 6.42 Å². The monoisotopic (exact) mass is 712 g/mol. The molecule has 240 valence electrons. The Balaban J connectivity index is 1.02. The molecule has 0 amide bonds. The number of aromatic amines is 2. The molecule has 0 unspecified atom stereocenters. The minimum absolute atomic E-state index is 0.0240. The lowest BCUT2D eigenvalue weighted by molar-refractivity contribution is 1.10. The van der Waals surface area contributed by atoms with Crippen LogP contribution in [0.15, 0.2) is 161 Å². The highest BCUT2D eigenvalue weighted by Crippen LogP contribution is 2.41. The molecule has 49 heavy (non-hydrogen) atoms. The van der Waals surface area contributed by atoms with Crippen molar-refractivity contribution in [1.82, 2.24) is 19.9 Å². The van der Waals surface area contributed by atoms with Crippen molar-refractivity contribution in [3.8, 4) is 0 Å². The third-order valence-electron chi connectivity index (χ3n) is 8.12. The summed E-state index contributed by atoms with van der Waals surface area (Å²) in [4.78, 5) is 48.4. The molecular formula is C39H28N4O2S4. The van der Waals surface area contributed by atoms with Crippen LogP contribution in [0.5, 0.6) is 0 Å². The maximum absolute atomic E-state index is 13.4. The smallest absolute Gasteiger partial charge is 0.203 e. The number of aromatic nitrogens is 4. The van der Waals surface area contributed by atoms with Crippen LogP contribution in [0.2, 0.25) is 0 Å². The summed E-state index contributed by atoms with van der Waals surface area (Å²) in [5, 5.41) is 3.44. The molecule has 8 rings (SSSR count). The van der Waals surface area contributed by atoms with Crippen LogP contribution in [0.25, 0.3) is 43.6 Å². The lowest BCUT2D eigenvalue weighted by atomic mass is 10.2. The summed E-state index contributed by atoms with van der Waals surface area (Å²) in [6.07, 6.45) is 8.43. The zero-order valence-electron chi connectivity index (χ0n) is 26.0. The van der Waals surface area contributed by atoms with Gasteiger partial charge in [-0.3, -0.25) is 19.6 Å². The number of pyridine rings is 4. The first kappa shape index (κ1) is 31.8. The van der Waals surface area contributed by atoms with Gasteiger partial charge in [-0.15, -0.1) is 23.5 Å². The van der Waals surface area contributed by atoms with E-state index in [1.165, 1.54) is 23.5 Å². The standard InChI is InChI=1S/C39H28N4O2S4/c44-36-24-10-1-5-14-28(24)40-20-32(36)48-38-26-12-3-7-16-30(26)42-22-34(38)46-18-9-19-47-35-23-43-31-17-8-4-13-27(31)39(35)49-33-21-41-29-15-6-2-11-25(29)37(33)45/h1-8,10-17,20-23H,9,18-19H2,(H,40,44)(H,41,45). The molecule has 0 atom stereocenters. The second-order valence-electron chi connectivity index (χ2n) is 11.2. The number of fused-ring (bicyclic) bond motifs is 4. The minimum Gasteiger partial charge on any atom is -0.360 e. The van der Waals surface area contributed by atoms with Gasteiger partial charge in [0.15, 0.2) is 0 Å². The first-order chi connectivity index (χ1) is 24.1. The van der Waals surface area contributed by atoms with Gasteiger partial charge in [-0.2, -0.15) is 0 Å². The predicted molar refractivity (Wildman–Crippen MR) is 207 cm³/mol. The van der Waals surface area contributed by atoms with E-state index in [0.717, 1.165) is 70.3 Å². The van der Waals surface area contributed by atoms with Crippen molar-refractivity contribution < 1.29 is 0 Å². The van der Waals surface area contributed by atoms with Crippen molar-refractivity contribution in [3.63, 3.8) is 0 Å². The molecule has 4 aromatic carbocycles. The van der Waals surface area contributed by atoms with Gasteiger partial charge in [0.2, 0.25) is 10.9 Å². The van der Waals surface area contributed by atoms with Crippen LogP contribution >= 0.6 is 47.0 Å². The second-order valence-corrected chi connectivity index (χ2v) is 15.6. The molecule has 0 fully saturated rings. The van der Waals surface area contributed by atoms with Crippen LogP contribution in [0.3, 0.4) is 0 Å². The van der Waals surface area contributed by atoms with Crippen molar-refractivity contribution >= 4 is 90.7 Å². The van der Waals surface area contributed by atoms with Gasteiger partial charge in [-0.25, -0.2) is 0 Å². The van der Waals surface area contributed by atoms with Gasteiger partial charge in [0, 0.05) is 76.9 Å². The SMILES string of the molecule is O=c1c(Sc2c(SCCCSc3cnc4ccccc4c3Sc3c[nH]c4ccccc4c3=O)cnc3ccccc23)c[nH]c2ccccc12. The van der Waals surface area contributed by atoms with Gasteiger partial charge >= 0.3 is 0 Å². The molecule has 2 N–H and O–H groups in total. The summed E-state index contributed by atoms with van der Waals surface area (Å²) < 4.78 is 0. The minimum atomic E-state index is 0.0240. The van der Waals surface area contributed by atoms with Gasteiger partial charge < -0.3 is 9.97 Å². The summed E-state index contributed by atoms with van der Waals surface area (Å²) in [6, 6.07) is 31.4. The molecular weight excluding hydrogens is 685 g/mol. The van der Waals surface area contributed by atoms with E-state index in [0.29, 0.717) is 20.6 Å². The molecule has 0 radical (unpaired) electrons. The third-order valence-corrected chi connectivity index (χ3v) is 12.9. The Morgan fingerprint density at radius 1 is 0.490 bits per heavy atom. The van der Waals surface area contributed by atoms with Crippen LogP contribution in [0.4, 0.5) is 0 Å². The van der Waals surface area contributed by atoms with Gasteiger partial charge in [-0.05, 0) is 54.3 Å². The van der Waals surface area contributed by atoms with Gasteiger partial charge in [0.1, 0.15) is 0 Å². The fourth-order valence-corrected chi connectivity index (χ4v) is 10.2. The van der Waals surface area contributed by atoms with Gasteiger partial charge in [0.05, 0.1) is 20.8 Å². The summed E-state index contributed by atoms with van der Waals surface area (Å²) in [5.41, 5.74) is 3.51. The Kier molecular flexibility index (Phi) is 9.19. The molecule has 0 aliphatic carbocycles. The highest BCUT2D eigenvalue weighted by molar-refractivity contribution is 8.03. The van der Waals surface area contributed by atoms with E-state index in [1.54, 1.807) is 23.5 Å². The molecule has 0 saturated carbocycles. The van der Waals surface area contributed by atoms with E-state index in [2.05, 4.69) is 22.1 Å². The molecule has 0 bridgehead atoms. The average molecular weight is 713 g/mol. The molecule has 0 saturated heterocycles. The Morgan fingerprint density at radius 3 is 1.37 bits per heavy atom.